The van der Waals surface area contributed by atoms with E-state index in [1.165, 1.54) is 5.57 Å². The van der Waals surface area contributed by atoms with E-state index in [1.807, 2.05) is 32.1 Å². The molecule has 1 atom stereocenters. The van der Waals surface area contributed by atoms with E-state index < -0.39 is 0 Å². The van der Waals surface area contributed by atoms with Crippen molar-refractivity contribution < 1.29 is 4.74 Å². The van der Waals surface area contributed by atoms with Crippen LogP contribution in [0.1, 0.15) is 25.5 Å². The van der Waals surface area contributed by atoms with Gasteiger partial charge in [-0.1, -0.05) is 29.3 Å². The number of nitrogens with two attached hydrogens (primary N) is 1. The molecule has 0 spiro atoms. The first kappa shape index (κ1) is 12.1. The maximum atomic E-state index is 6.02. The molecule has 0 saturated heterocycles. The third kappa shape index (κ3) is 3.26. The minimum atomic E-state index is -0.151. The van der Waals surface area contributed by atoms with E-state index in [9.17, 15) is 0 Å². The molecule has 15 heavy (non-hydrogen) atoms. The molecule has 0 fully saturated rings. The van der Waals surface area contributed by atoms with Gasteiger partial charge in [-0.3, -0.25) is 0 Å². The van der Waals surface area contributed by atoms with Crippen LogP contribution >= 0.6 is 11.6 Å². The summed E-state index contributed by atoms with van der Waals surface area (Å²) in [6.45, 7) is 4.03. The van der Waals surface area contributed by atoms with E-state index in [0.29, 0.717) is 5.02 Å². The molecule has 0 aliphatic carbocycles. The average Bonchev–Trinajstić information content (AvgIpc) is 2.16. The molecule has 0 aromatic heterocycles. The zero-order valence-corrected chi connectivity index (χ0v) is 10.0. The summed E-state index contributed by atoms with van der Waals surface area (Å²) in [4.78, 5) is 0. The van der Waals surface area contributed by atoms with Crippen LogP contribution < -0.4 is 10.5 Å². The maximum Gasteiger partial charge on any atom is 0.125 e. The van der Waals surface area contributed by atoms with Crippen LogP contribution in [0.2, 0.25) is 5.02 Å². The van der Waals surface area contributed by atoms with Crippen LogP contribution in [0.15, 0.2) is 29.8 Å². The smallest absolute Gasteiger partial charge is 0.125 e. The van der Waals surface area contributed by atoms with Gasteiger partial charge in [0.2, 0.25) is 0 Å². The van der Waals surface area contributed by atoms with E-state index in [-0.39, 0.29) is 6.04 Å². The van der Waals surface area contributed by atoms with Gasteiger partial charge in [-0.25, -0.2) is 0 Å². The first-order valence-corrected chi connectivity index (χ1v) is 5.16. The molecule has 0 radical (unpaired) electrons. The van der Waals surface area contributed by atoms with E-state index in [1.54, 1.807) is 13.2 Å². The number of hydrogen-bond acceptors (Lipinski definition) is 2. The van der Waals surface area contributed by atoms with Crippen molar-refractivity contribution in [3.63, 3.8) is 0 Å². The average molecular weight is 226 g/mol. The fourth-order valence-corrected chi connectivity index (χ4v) is 1.57. The summed E-state index contributed by atoms with van der Waals surface area (Å²) in [7, 11) is 1.62. The Morgan fingerprint density at radius 1 is 1.47 bits per heavy atom. The topological polar surface area (TPSA) is 35.2 Å². The lowest BCUT2D eigenvalue weighted by atomic mass is 10.0. The summed E-state index contributed by atoms with van der Waals surface area (Å²) in [6.07, 6.45) is 1.99. The summed E-state index contributed by atoms with van der Waals surface area (Å²) in [6, 6.07) is 5.33. The zero-order valence-electron chi connectivity index (χ0n) is 9.25. The van der Waals surface area contributed by atoms with Crippen LogP contribution in [0.25, 0.3) is 0 Å². The SMILES string of the molecule is COc1cc(Cl)ccc1C(N)C=C(C)C. The molecule has 1 rings (SSSR count). The third-order valence-corrected chi connectivity index (χ3v) is 2.30. The summed E-state index contributed by atoms with van der Waals surface area (Å²) in [5.41, 5.74) is 8.15. The van der Waals surface area contributed by atoms with Crippen LogP contribution in [-0.4, -0.2) is 7.11 Å². The maximum absolute atomic E-state index is 6.02. The number of benzene rings is 1. The van der Waals surface area contributed by atoms with Crippen LogP contribution in [-0.2, 0) is 0 Å². The predicted molar refractivity (Wildman–Crippen MR) is 64.4 cm³/mol. The molecular formula is C12H16ClNO. The Morgan fingerprint density at radius 2 is 2.13 bits per heavy atom. The van der Waals surface area contributed by atoms with Crippen molar-refractivity contribution in [1.29, 1.82) is 0 Å². The van der Waals surface area contributed by atoms with E-state index >= 15 is 0 Å². The minimum absolute atomic E-state index is 0.151. The number of allylic oxidation sites excluding steroid dienone is 1. The quantitative estimate of drug-likeness (QED) is 0.801. The Balaban J connectivity index is 3.08. The molecule has 0 bridgehead atoms. The number of halogens is 1. The van der Waals surface area contributed by atoms with Gasteiger partial charge in [-0.2, -0.15) is 0 Å². The fourth-order valence-electron chi connectivity index (χ4n) is 1.41. The monoisotopic (exact) mass is 225 g/mol. The highest BCUT2D eigenvalue weighted by Crippen LogP contribution is 2.28. The van der Waals surface area contributed by atoms with Crippen LogP contribution in [0.4, 0.5) is 0 Å². The Bertz CT molecular complexity index is 370. The van der Waals surface area contributed by atoms with Gasteiger partial charge >= 0.3 is 0 Å². The number of hydrogen-bond donors (Lipinski definition) is 1. The summed E-state index contributed by atoms with van der Waals surface area (Å²) >= 11 is 5.87. The molecule has 82 valence electrons. The van der Waals surface area contributed by atoms with Crippen molar-refractivity contribution in [3.8, 4) is 5.75 Å². The van der Waals surface area contributed by atoms with E-state index in [4.69, 9.17) is 22.1 Å². The standard InChI is InChI=1S/C12H16ClNO/c1-8(2)6-11(14)10-5-4-9(13)7-12(10)15-3/h4-7,11H,14H2,1-3H3. The highest BCUT2D eigenvalue weighted by atomic mass is 35.5. The van der Waals surface area contributed by atoms with Crippen LogP contribution in [0.5, 0.6) is 5.75 Å². The molecule has 3 heteroatoms. The summed E-state index contributed by atoms with van der Waals surface area (Å²) < 4.78 is 5.24. The van der Waals surface area contributed by atoms with E-state index in [0.717, 1.165) is 11.3 Å². The van der Waals surface area contributed by atoms with Crippen molar-refractivity contribution in [2.24, 2.45) is 5.73 Å². The van der Waals surface area contributed by atoms with Crippen LogP contribution in [0, 0.1) is 0 Å². The fraction of sp³-hybridized carbons (Fsp3) is 0.333. The Hall–Kier alpha value is -0.990. The minimum Gasteiger partial charge on any atom is -0.496 e. The lowest BCUT2D eigenvalue weighted by Gasteiger charge is -2.13. The van der Waals surface area contributed by atoms with Gasteiger partial charge in [0, 0.05) is 10.6 Å². The largest absolute Gasteiger partial charge is 0.496 e. The first-order valence-electron chi connectivity index (χ1n) is 4.78. The molecule has 0 aliphatic heterocycles. The van der Waals surface area contributed by atoms with Gasteiger partial charge in [0.15, 0.2) is 0 Å². The molecule has 1 aromatic rings. The molecule has 1 unspecified atom stereocenters. The van der Waals surface area contributed by atoms with Gasteiger partial charge in [0.25, 0.3) is 0 Å². The Kier molecular flexibility index (Phi) is 4.18. The summed E-state index contributed by atoms with van der Waals surface area (Å²) in [5, 5.41) is 0.653. The van der Waals surface area contributed by atoms with Crippen molar-refractivity contribution in [2.75, 3.05) is 7.11 Å². The van der Waals surface area contributed by atoms with Crippen molar-refractivity contribution in [1.82, 2.24) is 0 Å². The van der Waals surface area contributed by atoms with E-state index in [2.05, 4.69) is 0 Å². The van der Waals surface area contributed by atoms with Crippen molar-refractivity contribution >= 4 is 11.6 Å². The summed E-state index contributed by atoms with van der Waals surface area (Å²) in [5.74, 6) is 0.729. The highest BCUT2D eigenvalue weighted by Gasteiger charge is 2.09. The second-order valence-electron chi connectivity index (χ2n) is 3.66. The van der Waals surface area contributed by atoms with Crippen molar-refractivity contribution in [3.05, 3.63) is 40.4 Å². The number of methoxy groups -OCH3 is 1. The predicted octanol–water partition coefficient (Wildman–Crippen LogP) is 3.31. The molecule has 0 saturated carbocycles. The lowest BCUT2D eigenvalue weighted by molar-refractivity contribution is 0.408. The molecule has 1 aromatic carbocycles. The molecule has 0 heterocycles. The van der Waals surface area contributed by atoms with Crippen molar-refractivity contribution in [2.45, 2.75) is 19.9 Å². The van der Waals surface area contributed by atoms with Crippen LogP contribution in [0.3, 0.4) is 0 Å². The van der Waals surface area contributed by atoms with Gasteiger partial charge < -0.3 is 10.5 Å². The Labute approximate surface area is 95.7 Å². The second-order valence-corrected chi connectivity index (χ2v) is 4.09. The molecule has 2 nitrogen and oxygen atoms in total. The third-order valence-electron chi connectivity index (χ3n) is 2.07. The molecule has 0 amide bonds. The molecule has 2 N–H and O–H groups in total. The normalized spacial score (nSPS) is 12.1. The molecule has 0 aliphatic rings. The van der Waals surface area contributed by atoms with Gasteiger partial charge in [0.1, 0.15) is 5.75 Å². The molecular weight excluding hydrogens is 210 g/mol. The lowest BCUT2D eigenvalue weighted by Crippen LogP contribution is -2.09. The number of ether oxygens (including phenoxy) is 1. The first-order chi connectivity index (χ1) is 7.04. The Morgan fingerprint density at radius 3 is 2.67 bits per heavy atom. The number of rotatable bonds is 3. The zero-order chi connectivity index (χ0) is 11.4. The van der Waals surface area contributed by atoms with Gasteiger partial charge in [-0.15, -0.1) is 0 Å². The highest BCUT2D eigenvalue weighted by molar-refractivity contribution is 6.30. The van der Waals surface area contributed by atoms with Gasteiger partial charge in [0.05, 0.1) is 13.2 Å². The van der Waals surface area contributed by atoms with Gasteiger partial charge in [-0.05, 0) is 26.0 Å². The second kappa shape index (κ2) is 5.19.